The number of hydrogen-bond donors (Lipinski definition) is 2. The fraction of sp³-hybridized carbons (Fsp3) is 0.250. The highest BCUT2D eigenvalue weighted by Gasteiger charge is 2.37. The Morgan fingerprint density at radius 2 is 2.00 bits per heavy atom. The molecular weight excluding hydrogens is 497 g/mol. The second-order valence-corrected chi connectivity index (χ2v) is 9.37. The van der Waals surface area contributed by atoms with Crippen LogP contribution in [0, 0.1) is 0 Å². The molecule has 1 aliphatic rings. The zero-order valence-electron chi connectivity index (χ0n) is 17.8. The van der Waals surface area contributed by atoms with E-state index >= 15 is 0 Å². The summed E-state index contributed by atoms with van der Waals surface area (Å²) in [5.74, 6) is -0.758. The standard InChI is InChI=1S/C20H17F3N4O7S/c1-26-19(30)34-17(25-26)9-13-10-27(15-8-12(24-18(28)29)5-6-16(15)33-13)35(31,32)14-4-2-3-11(7-14)20(21,22)23/h2-8,13,24H,9-10H2,1H3,(H,28,29). The van der Waals surface area contributed by atoms with E-state index in [9.17, 15) is 31.2 Å². The zero-order chi connectivity index (χ0) is 25.5. The topological polar surface area (TPSA) is 144 Å². The molecule has 1 unspecified atom stereocenters. The monoisotopic (exact) mass is 514 g/mol. The Morgan fingerprint density at radius 3 is 2.63 bits per heavy atom. The first kappa shape index (κ1) is 24.1. The minimum absolute atomic E-state index is 0.0123. The maximum Gasteiger partial charge on any atom is 0.436 e. The van der Waals surface area contributed by atoms with Crippen molar-refractivity contribution >= 4 is 27.5 Å². The van der Waals surface area contributed by atoms with Gasteiger partial charge in [-0.05, 0) is 36.4 Å². The summed E-state index contributed by atoms with van der Waals surface area (Å²) in [4.78, 5) is 22.0. The lowest BCUT2D eigenvalue weighted by atomic mass is 10.1. The summed E-state index contributed by atoms with van der Waals surface area (Å²) in [6.07, 6.45) is -7.23. The van der Waals surface area contributed by atoms with Crippen LogP contribution >= 0.6 is 0 Å². The van der Waals surface area contributed by atoms with Crippen LogP contribution in [0.25, 0.3) is 0 Å². The first-order chi connectivity index (χ1) is 16.3. The van der Waals surface area contributed by atoms with E-state index in [-0.39, 0.29) is 36.0 Å². The predicted octanol–water partition coefficient (Wildman–Crippen LogP) is 2.68. The molecule has 4 rings (SSSR count). The number of ether oxygens (including phenoxy) is 1. The van der Waals surface area contributed by atoms with E-state index in [2.05, 4.69) is 10.4 Å². The second-order valence-electron chi connectivity index (χ2n) is 7.50. The zero-order valence-corrected chi connectivity index (χ0v) is 18.6. The van der Waals surface area contributed by atoms with Gasteiger partial charge in [-0.1, -0.05) is 6.07 Å². The van der Waals surface area contributed by atoms with Crippen molar-refractivity contribution in [3.63, 3.8) is 0 Å². The van der Waals surface area contributed by atoms with Crippen molar-refractivity contribution in [1.82, 2.24) is 9.78 Å². The van der Waals surface area contributed by atoms with Crippen molar-refractivity contribution in [1.29, 1.82) is 0 Å². The number of aryl methyl sites for hydroxylation is 1. The molecule has 0 radical (unpaired) electrons. The number of halogens is 3. The number of anilines is 2. The van der Waals surface area contributed by atoms with E-state index in [0.29, 0.717) is 6.07 Å². The summed E-state index contributed by atoms with van der Waals surface area (Å²) in [6.45, 7) is -0.387. The summed E-state index contributed by atoms with van der Waals surface area (Å²) in [5, 5.41) is 15.0. The normalized spacial score (nSPS) is 15.9. The highest BCUT2D eigenvalue weighted by molar-refractivity contribution is 7.92. The number of benzene rings is 2. The number of nitrogens with one attached hydrogen (secondary N) is 1. The van der Waals surface area contributed by atoms with Crippen LogP contribution in [0.15, 0.2) is 56.6 Å². The summed E-state index contributed by atoms with van der Waals surface area (Å²) < 4.78 is 79.2. The Morgan fingerprint density at radius 1 is 1.26 bits per heavy atom. The summed E-state index contributed by atoms with van der Waals surface area (Å²) in [5.41, 5.74) is -1.23. The Bertz CT molecular complexity index is 1450. The molecule has 35 heavy (non-hydrogen) atoms. The molecule has 0 saturated heterocycles. The van der Waals surface area contributed by atoms with Gasteiger partial charge in [-0.2, -0.15) is 17.9 Å². The largest absolute Gasteiger partial charge is 0.486 e. The number of aromatic nitrogens is 2. The van der Waals surface area contributed by atoms with Crippen molar-refractivity contribution in [2.75, 3.05) is 16.2 Å². The first-order valence-corrected chi connectivity index (χ1v) is 11.3. The molecule has 2 aromatic carbocycles. The maximum absolute atomic E-state index is 13.5. The lowest BCUT2D eigenvalue weighted by Gasteiger charge is -2.35. The number of rotatable bonds is 5. The molecule has 1 aliphatic heterocycles. The van der Waals surface area contributed by atoms with E-state index in [1.54, 1.807) is 0 Å². The number of alkyl halides is 3. The van der Waals surface area contributed by atoms with Gasteiger partial charge in [0.05, 0.1) is 29.1 Å². The van der Waals surface area contributed by atoms with Crippen LogP contribution in [0.3, 0.4) is 0 Å². The van der Waals surface area contributed by atoms with Gasteiger partial charge in [0.25, 0.3) is 10.0 Å². The highest BCUT2D eigenvalue weighted by Crippen LogP contribution is 2.40. The lowest BCUT2D eigenvalue weighted by molar-refractivity contribution is -0.137. The van der Waals surface area contributed by atoms with Crippen LogP contribution < -0.4 is 20.1 Å². The predicted molar refractivity (Wildman–Crippen MR) is 114 cm³/mol. The van der Waals surface area contributed by atoms with E-state index in [0.717, 1.165) is 27.2 Å². The van der Waals surface area contributed by atoms with E-state index in [4.69, 9.17) is 14.3 Å². The van der Waals surface area contributed by atoms with Crippen LogP contribution in [-0.2, 0) is 29.7 Å². The van der Waals surface area contributed by atoms with E-state index in [1.807, 2.05) is 0 Å². The molecule has 0 fully saturated rings. The van der Waals surface area contributed by atoms with E-state index < -0.39 is 44.6 Å². The molecule has 3 aromatic rings. The number of nitrogens with zero attached hydrogens (tertiary/aromatic N) is 3. The van der Waals surface area contributed by atoms with Crippen LogP contribution in [0.5, 0.6) is 5.75 Å². The van der Waals surface area contributed by atoms with Gasteiger partial charge >= 0.3 is 18.0 Å². The molecule has 186 valence electrons. The number of amides is 1. The lowest BCUT2D eigenvalue weighted by Crippen LogP contribution is -2.44. The Labute approximate surface area is 195 Å². The fourth-order valence-electron chi connectivity index (χ4n) is 3.48. The molecule has 2 N–H and O–H groups in total. The molecule has 0 bridgehead atoms. The Hall–Kier alpha value is -4.01. The van der Waals surface area contributed by atoms with Crippen molar-refractivity contribution in [3.8, 4) is 5.75 Å². The summed E-state index contributed by atoms with van der Waals surface area (Å²) >= 11 is 0. The summed E-state index contributed by atoms with van der Waals surface area (Å²) in [6, 6.07) is 7.07. The average Bonchev–Trinajstić information content (AvgIpc) is 3.09. The number of carbonyl (C=O) groups is 1. The SMILES string of the molecule is Cn1nc(CC2CN(S(=O)(=O)c3cccc(C(F)(F)F)c3)c3cc(NC(=O)O)ccc3O2)oc1=O. The van der Waals surface area contributed by atoms with Crippen molar-refractivity contribution in [2.45, 2.75) is 23.6 Å². The Kier molecular flexibility index (Phi) is 5.96. The molecule has 15 heteroatoms. The van der Waals surface area contributed by atoms with Crippen LogP contribution in [0.2, 0.25) is 0 Å². The molecule has 1 atom stereocenters. The Balaban J connectivity index is 1.78. The fourth-order valence-corrected chi connectivity index (χ4v) is 5.02. The van der Waals surface area contributed by atoms with Gasteiger partial charge in [-0.25, -0.2) is 18.0 Å². The average molecular weight is 514 g/mol. The van der Waals surface area contributed by atoms with Gasteiger partial charge in [0.15, 0.2) is 0 Å². The maximum atomic E-state index is 13.5. The van der Waals surface area contributed by atoms with Gasteiger partial charge in [0, 0.05) is 12.7 Å². The molecule has 2 heterocycles. The van der Waals surface area contributed by atoms with Crippen molar-refractivity contribution in [3.05, 3.63) is 64.5 Å². The third-order valence-electron chi connectivity index (χ3n) is 5.02. The smallest absolute Gasteiger partial charge is 0.436 e. The third-order valence-corrected chi connectivity index (χ3v) is 6.80. The van der Waals surface area contributed by atoms with Gasteiger partial charge in [-0.3, -0.25) is 9.62 Å². The van der Waals surface area contributed by atoms with Crippen LogP contribution in [0.1, 0.15) is 11.5 Å². The quantitative estimate of drug-likeness (QED) is 0.529. The van der Waals surface area contributed by atoms with Crippen molar-refractivity contribution < 1.29 is 40.6 Å². The second kappa shape index (κ2) is 8.65. The van der Waals surface area contributed by atoms with Crippen LogP contribution in [-0.4, -0.2) is 42.0 Å². The van der Waals surface area contributed by atoms with Gasteiger partial charge < -0.3 is 14.3 Å². The molecule has 0 spiro atoms. The molecule has 1 amide bonds. The highest BCUT2D eigenvalue weighted by atomic mass is 32.2. The summed E-state index contributed by atoms with van der Waals surface area (Å²) in [7, 11) is -3.22. The molecule has 0 aliphatic carbocycles. The number of sulfonamides is 1. The van der Waals surface area contributed by atoms with Gasteiger partial charge in [0.1, 0.15) is 11.9 Å². The number of carboxylic acid groups (broad SMARTS) is 1. The number of fused-ring (bicyclic) bond motifs is 1. The molecule has 11 nitrogen and oxygen atoms in total. The minimum Gasteiger partial charge on any atom is -0.486 e. The number of hydrogen-bond acceptors (Lipinski definition) is 7. The van der Waals surface area contributed by atoms with Crippen molar-refractivity contribution in [2.24, 2.45) is 7.05 Å². The van der Waals surface area contributed by atoms with Gasteiger partial charge in [-0.15, -0.1) is 5.10 Å². The molecule has 0 saturated carbocycles. The first-order valence-electron chi connectivity index (χ1n) is 9.88. The van der Waals surface area contributed by atoms with Crippen LogP contribution in [0.4, 0.5) is 29.3 Å². The third kappa shape index (κ3) is 4.94. The van der Waals surface area contributed by atoms with E-state index in [1.165, 1.54) is 25.2 Å². The van der Waals surface area contributed by atoms with Gasteiger partial charge in [0.2, 0.25) is 5.89 Å². The molecule has 1 aromatic heterocycles. The minimum atomic E-state index is -4.77. The molecular formula is C20H17F3N4O7S.